The number of hydrogen-bond donors (Lipinski definition) is 2. The molecule has 1 aliphatic rings. The maximum absolute atomic E-state index is 12.0. The summed E-state index contributed by atoms with van der Waals surface area (Å²) in [7, 11) is 0. The summed E-state index contributed by atoms with van der Waals surface area (Å²) in [4.78, 5) is 13.2. The van der Waals surface area contributed by atoms with E-state index in [4.69, 9.17) is 0 Å². The number of rotatable bonds is 6. The maximum atomic E-state index is 12.0. The van der Waals surface area contributed by atoms with Crippen molar-refractivity contribution in [3.63, 3.8) is 0 Å². The molecule has 2 aromatic rings. The van der Waals surface area contributed by atoms with Gasteiger partial charge < -0.3 is 10.6 Å². The van der Waals surface area contributed by atoms with Crippen molar-refractivity contribution in [1.82, 2.24) is 25.6 Å². The monoisotopic (exact) mass is 305 g/mol. The second kappa shape index (κ2) is 6.82. The van der Waals surface area contributed by atoms with Crippen LogP contribution in [0.2, 0.25) is 0 Å². The molecule has 0 radical (unpaired) electrons. The predicted molar refractivity (Wildman–Crippen MR) is 81.4 cm³/mol. The third-order valence-corrected chi connectivity index (χ3v) is 4.53. The van der Waals surface area contributed by atoms with Gasteiger partial charge in [0, 0.05) is 11.4 Å². The van der Waals surface area contributed by atoms with E-state index >= 15 is 0 Å². The van der Waals surface area contributed by atoms with E-state index in [-0.39, 0.29) is 5.91 Å². The molecule has 0 spiro atoms. The van der Waals surface area contributed by atoms with E-state index in [2.05, 4.69) is 20.9 Å². The van der Waals surface area contributed by atoms with Crippen molar-refractivity contribution in [2.75, 3.05) is 19.6 Å². The third-order valence-electron chi connectivity index (χ3n) is 3.67. The highest BCUT2D eigenvalue weighted by atomic mass is 32.1. The van der Waals surface area contributed by atoms with Crippen LogP contribution in [0.3, 0.4) is 0 Å². The molecule has 0 aliphatic carbocycles. The lowest BCUT2D eigenvalue weighted by Crippen LogP contribution is -2.26. The number of hydrogen-bond acceptors (Lipinski definition) is 5. The van der Waals surface area contributed by atoms with Crippen molar-refractivity contribution in [2.24, 2.45) is 5.92 Å². The molecule has 112 valence electrons. The Morgan fingerprint density at radius 3 is 3.29 bits per heavy atom. The van der Waals surface area contributed by atoms with Gasteiger partial charge in [-0.2, -0.15) is 0 Å². The standard InChI is InChI=1S/C14H19N5OS/c20-14(16-6-4-11-3-5-15-8-11)13-10-19(18-17-13)9-12-2-1-7-21-12/h1-2,7,10-11,15H,3-6,8-9H2,(H,16,20). The predicted octanol–water partition coefficient (Wildman–Crippen LogP) is 1.12. The molecule has 3 rings (SSSR count). The lowest BCUT2D eigenvalue weighted by Gasteiger charge is -2.08. The molecule has 2 aromatic heterocycles. The number of thiophene rings is 1. The van der Waals surface area contributed by atoms with Gasteiger partial charge in [0.25, 0.3) is 5.91 Å². The van der Waals surface area contributed by atoms with Crippen LogP contribution in [0.1, 0.15) is 28.2 Å². The summed E-state index contributed by atoms with van der Waals surface area (Å²) in [6, 6.07) is 4.05. The van der Waals surface area contributed by atoms with E-state index in [9.17, 15) is 4.79 Å². The quantitative estimate of drug-likeness (QED) is 0.839. The van der Waals surface area contributed by atoms with E-state index in [1.54, 1.807) is 22.2 Å². The number of carbonyl (C=O) groups excluding carboxylic acids is 1. The molecule has 0 bridgehead atoms. The molecular formula is C14H19N5OS. The van der Waals surface area contributed by atoms with Crippen LogP contribution >= 0.6 is 11.3 Å². The number of nitrogens with zero attached hydrogens (tertiary/aromatic N) is 3. The molecule has 6 nitrogen and oxygen atoms in total. The van der Waals surface area contributed by atoms with Gasteiger partial charge in [0.1, 0.15) is 0 Å². The summed E-state index contributed by atoms with van der Waals surface area (Å²) in [6.45, 7) is 3.51. The molecule has 1 atom stereocenters. The Hall–Kier alpha value is -1.73. The molecule has 1 saturated heterocycles. The Labute approximate surface area is 127 Å². The summed E-state index contributed by atoms with van der Waals surface area (Å²) in [5.74, 6) is 0.540. The Morgan fingerprint density at radius 1 is 1.57 bits per heavy atom. The van der Waals surface area contributed by atoms with Crippen molar-refractivity contribution in [1.29, 1.82) is 0 Å². The number of nitrogens with one attached hydrogen (secondary N) is 2. The van der Waals surface area contributed by atoms with Crippen LogP contribution < -0.4 is 10.6 Å². The molecule has 7 heteroatoms. The van der Waals surface area contributed by atoms with Gasteiger partial charge >= 0.3 is 0 Å². The zero-order chi connectivity index (χ0) is 14.5. The summed E-state index contributed by atoms with van der Waals surface area (Å²) in [5.41, 5.74) is 0.385. The average Bonchev–Trinajstić information content (AvgIpc) is 3.20. The van der Waals surface area contributed by atoms with E-state index in [1.165, 1.54) is 11.3 Å². The minimum Gasteiger partial charge on any atom is -0.351 e. The lowest BCUT2D eigenvalue weighted by atomic mass is 10.1. The van der Waals surface area contributed by atoms with Crippen molar-refractivity contribution in [2.45, 2.75) is 19.4 Å². The normalized spacial score (nSPS) is 18.0. The van der Waals surface area contributed by atoms with Crippen LogP contribution in [0.4, 0.5) is 0 Å². The largest absolute Gasteiger partial charge is 0.351 e. The van der Waals surface area contributed by atoms with Gasteiger partial charge in [-0.1, -0.05) is 11.3 Å². The molecule has 21 heavy (non-hydrogen) atoms. The minimum absolute atomic E-state index is 0.140. The van der Waals surface area contributed by atoms with Crippen molar-refractivity contribution < 1.29 is 4.79 Å². The van der Waals surface area contributed by atoms with Crippen LogP contribution in [-0.4, -0.2) is 40.5 Å². The van der Waals surface area contributed by atoms with Gasteiger partial charge in [-0.25, -0.2) is 4.68 Å². The van der Waals surface area contributed by atoms with Gasteiger partial charge in [0.2, 0.25) is 0 Å². The van der Waals surface area contributed by atoms with Crippen LogP contribution in [0.15, 0.2) is 23.7 Å². The van der Waals surface area contributed by atoms with Crippen LogP contribution in [0, 0.1) is 5.92 Å². The fraction of sp³-hybridized carbons (Fsp3) is 0.500. The first-order valence-corrected chi connectivity index (χ1v) is 8.10. The van der Waals surface area contributed by atoms with Crippen molar-refractivity contribution >= 4 is 17.2 Å². The van der Waals surface area contributed by atoms with Gasteiger partial charge in [-0.05, 0) is 43.3 Å². The SMILES string of the molecule is O=C(NCCC1CCNC1)c1cn(Cc2cccs2)nn1. The molecular weight excluding hydrogens is 286 g/mol. The number of carbonyl (C=O) groups is 1. The zero-order valence-corrected chi connectivity index (χ0v) is 12.6. The van der Waals surface area contributed by atoms with E-state index < -0.39 is 0 Å². The van der Waals surface area contributed by atoms with Gasteiger partial charge in [-0.15, -0.1) is 16.4 Å². The third kappa shape index (κ3) is 3.89. The van der Waals surface area contributed by atoms with Gasteiger partial charge in [0.05, 0.1) is 12.7 Å². The summed E-state index contributed by atoms with van der Waals surface area (Å²) in [6.07, 6.45) is 3.92. The summed E-state index contributed by atoms with van der Waals surface area (Å²) >= 11 is 1.67. The van der Waals surface area contributed by atoms with Crippen LogP contribution in [0.25, 0.3) is 0 Å². The van der Waals surface area contributed by atoms with Crippen LogP contribution in [0.5, 0.6) is 0 Å². The minimum atomic E-state index is -0.140. The highest BCUT2D eigenvalue weighted by Gasteiger charge is 2.15. The number of aromatic nitrogens is 3. The number of amides is 1. The Kier molecular flexibility index (Phi) is 4.62. The van der Waals surface area contributed by atoms with E-state index in [1.807, 2.05) is 17.5 Å². The second-order valence-corrected chi connectivity index (χ2v) is 6.32. The Morgan fingerprint density at radius 2 is 2.52 bits per heavy atom. The fourth-order valence-electron chi connectivity index (χ4n) is 2.48. The van der Waals surface area contributed by atoms with Crippen LogP contribution in [-0.2, 0) is 6.54 Å². The first-order valence-electron chi connectivity index (χ1n) is 7.22. The van der Waals surface area contributed by atoms with Crippen molar-refractivity contribution in [3.05, 3.63) is 34.3 Å². The topological polar surface area (TPSA) is 71.8 Å². The molecule has 0 saturated carbocycles. The highest BCUT2D eigenvalue weighted by Crippen LogP contribution is 2.11. The van der Waals surface area contributed by atoms with Crippen molar-refractivity contribution in [3.8, 4) is 0 Å². The first-order chi connectivity index (χ1) is 10.3. The second-order valence-electron chi connectivity index (χ2n) is 5.28. The molecule has 3 heterocycles. The lowest BCUT2D eigenvalue weighted by molar-refractivity contribution is 0.0946. The first kappa shape index (κ1) is 14.2. The molecule has 2 N–H and O–H groups in total. The van der Waals surface area contributed by atoms with Gasteiger partial charge in [-0.3, -0.25) is 4.79 Å². The molecule has 1 unspecified atom stereocenters. The highest BCUT2D eigenvalue weighted by molar-refractivity contribution is 7.09. The molecule has 1 amide bonds. The fourth-order valence-corrected chi connectivity index (χ4v) is 3.18. The zero-order valence-electron chi connectivity index (χ0n) is 11.8. The summed E-state index contributed by atoms with van der Waals surface area (Å²) < 4.78 is 1.70. The average molecular weight is 305 g/mol. The Balaban J connectivity index is 1.47. The van der Waals surface area contributed by atoms with Gasteiger partial charge in [0.15, 0.2) is 5.69 Å². The summed E-state index contributed by atoms with van der Waals surface area (Å²) in [5, 5.41) is 16.2. The maximum Gasteiger partial charge on any atom is 0.273 e. The molecule has 0 aromatic carbocycles. The Bertz CT molecular complexity index is 574. The van der Waals surface area contributed by atoms with E-state index in [0.29, 0.717) is 24.7 Å². The smallest absolute Gasteiger partial charge is 0.273 e. The van der Waals surface area contributed by atoms with E-state index in [0.717, 1.165) is 19.5 Å². The molecule has 1 fully saturated rings. The molecule has 1 aliphatic heterocycles.